The molecule has 0 atom stereocenters. The number of nitrogens with one attached hydrogen (secondary N) is 1. The Morgan fingerprint density at radius 1 is 1.07 bits per heavy atom. The van der Waals surface area contributed by atoms with E-state index in [9.17, 15) is 9.59 Å². The number of carbonyl (C=O) groups is 2. The molecule has 0 aromatic rings. The van der Waals surface area contributed by atoms with Gasteiger partial charge in [-0.25, -0.2) is 4.79 Å². The molecule has 1 aliphatic heterocycles. The van der Waals surface area contributed by atoms with Crippen molar-refractivity contribution in [2.75, 3.05) is 6.54 Å². The standard InChI is InChI=1S/C11H18N2O2/c14-10-7-4-8-12-11(15)13(10)9-5-2-1-3-6-9/h9H,1-8H2,(H,12,15). The summed E-state index contributed by atoms with van der Waals surface area (Å²) in [6, 6.07) is -0.0197. The summed E-state index contributed by atoms with van der Waals surface area (Å²) >= 11 is 0. The van der Waals surface area contributed by atoms with Gasteiger partial charge in [0.05, 0.1) is 0 Å². The molecule has 1 saturated carbocycles. The lowest BCUT2D eigenvalue weighted by atomic mass is 9.94. The van der Waals surface area contributed by atoms with Gasteiger partial charge in [0.2, 0.25) is 5.91 Å². The molecule has 15 heavy (non-hydrogen) atoms. The molecule has 1 aliphatic carbocycles. The van der Waals surface area contributed by atoms with Gasteiger partial charge in [-0.05, 0) is 19.3 Å². The molecule has 0 spiro atoms. The highest BCUT2D eigenvalue weighted by Gasteiger charge is 2.31. The summed E-state index contributed by atoms with van der Waals surface area (Å²) in [5.74, 6) is 0.0110. The molecule has 0 unspecified atom stereocenters. The van der Waals surface area contributed by atoms with E-state index in [-0.39, 0.29) is 18.0 Å². The molecule has 0 aromatic carbocycles. The fourth-order valence-corrected chi connectivity index (χ4v) is 2.46. The fourth-order valence-electron chi connectivity index (χ4n) is 2.46. The van der Waals surface area contributed by atoms with Gasteiger partial charge < -0.3 is 5.32 Å². The Balaban J connectivity index is 2.07. The molecule has 2 aliphatic rings. The third-order valence-electron chi connectivity index (χ3n) is 3.27. The summed E-state index contributed by atoms with van der Waals surface area (Å²) < 4.78 is 0. The Morgan fingerprint density at radius 2 is 1.80 bits per heavy atom. The summed E-state index contributed by atoms with van der Waals surface area (Å²) in [6.07, 6.45) is 6.77. The van der Waals surface area contributed by atoms with E-state index in [0.29, 0.717) is 13.0 Å². The molecule has 2 rings (SSSR count). The van der Waals surface area contributed by atoms with Crippen LogP contribution < -0.4 is 5.32 Å². The van der Waals surface area contributed by atoms with Gasteiger partial charge in [0, 0.05) is 19.0 Å². The number of amides is 3. The van der Waals surface area contributed by atoms with Crippen LogP contribution in [0.15, 0.2) is 0 Å². The van der Waals surface area contributed by atoms with Gasteiger partial charge in [0.15, 0.2) is 0 Å². The third kappa shape index (κ3) is 2.30. The average Bonchev–Trinajstić information content (AvgIpc) is 2.41. The molecule has 84 valence electrons. The molecule has 2 fully saturated rings. The summed E-state index contributed by atoms with van der Waals surface area (Å²) in [6.45, 7) is 0.633. The van der Waals surface area contributed by atoms with E-state index in [0.717, 1.165) is 32.1 Å². The Hall–Kier alpha value is -1.06. The summed E-state index contributed by atoms with van der Waals surface area (Å²) in [4.78, 5) is 25.0. The number of hydrogen-bond acceptors (Lipinski definition) is 2. The Bertz CT molecular complexity index is 241. The highest BCUT2D eigenvalue weighted by atomic mass is 16.2. The maximum absolute atomic E-state index is 11.8. The number of rotatable bonds is 1. The first-order chi connectivity index (χ1) is 7.29. The van der Waals surface area contributed by atoms with Crippen LogP contribution in [0.2, 0.25) is 0 Å². The number of carbonyl (C=O) groups excluding carboxylic acids is 2. The van der Waals surface area contributed by atoms with E-state index in [2.05, 4.69) is 5.32 Å². The van der Waals surface area contributed by atoms with Crippen molar-refractivity contribution < 1.29 is 9.59 Å². The average molecular weight is 210 g/mol. The minimum atomic E-state index is -0.176. The zero-order chi connectivity index (χ0) is 10.7. The van der Waals surface area contributed by atoms with Crippen molar-refractivity contribution in [3.05, 3.63) is 0 Å². The van der Waals surface area contributed by atoms with Gasteiger partial charge in [0.1, 0.15) is 0 Å². The smallest absolute Gasteiger partial charge is 0.324 e. The number of imide groups is 1. The topological polar surface area (TPSA) is 49.4 Å². The molecular formula is C11H18N2O2. The second kappa shape index (κ2) is 4.64. The predicted molar refractivity (Wildman–Crippen MR) is 56.4 cm³/mol. The van der Waals surface area contributed by atoms with Crippen LogP contribution in [0.4, 0.5) is 4.79 Å². The second-order valence-corrected chi connectivity index (χ2v) is 4.39. The summed E-state index contributed by atoms with van der Waals surface area (Å²) in [5.41, 5.74) is 0. The molecular weight excluding hydrogens is 192 g/mol. The lowest BCUT2D eigenvalue weighted by Crippen LogP contribution is -2.48. The van der Waals surface area contributed by atoms with E-state index >= 15 is 0 Å². The van der Waals surface area contributed by atoms with Gasteiger partial charge in [-0.2, -0.15) is 0 Å². The zero-order valence-electron chi connectivity index (χ0n) is 9.00. The molecule has 0 bridgehead atoms. The Morgan fingerprint density at radius 3 is 2.53 bits per heavy atom. The van der Waals surface area contributed by atoms with Crippen LogP contribution in [0.5, 0.6) is 0 Å². The van der Waals surface area contributed by atoms with Gasteiger partial charge in [-0.3, -0.25) is 9.69 Å². The molecule has 0 radical (unpaired) electrons. The van der Waals surface area contributed by atoms with Crippen LogP contribution in [-0.4, -0.2) is 29.4 Å². The molecule has 4 nitrogen and oxygen atoms in total. The minimum absolute atomic E-state index is 0.0110. The van der Waals surface area contributed by atoms with Crippen molar-refractivity contribution >= 4 is 11.9 Å². The van der Waals surface area contributed by atoms with Crippen molar-refractivity contribution in [1.29, 1.82) is 0 Å². The van der Waals surface area contributed by atoms with E-state index in [1.165, 1.54) is 11.3 Å². The van der Waals surface area contributed by atoms with Crippen molar-refractivity contribution in [1.82, 2.24) is 10.2 Å². The van der Waals surface area contributed by atoms with Crippen molar-refractivity contribution in [3.8, 4) is 0 Å². The highest BCUT2D eigenvalue weighted by molar-refractivity contribution is 5.95. The molecule has 0 aromatic heterocycles. The number of urea groups is 1. The van der Waals surface area contributed by atoms with E-state index in [1.54, 1.807) is 0 Å². The van der Waals surface area contributed by atoms with Crippen molar-refractivity contribution in [2.24, 2.45) is 0 Å². The van der Waals surface area contributed by atoms with Crippen LogP contribution in [-0.2, 0) is 4.79 Å². The van der Waals surface area contributed by atoms with E-state index in [1.807, 2.05) is 0 Å². The molecule has 1 N–H and O–H groups in total. The van der Waals surface area contributed by atoms with Crippen LogP contribution >= 0.6 is 0 Å². The SMILES string of the molecule is O=C1CCCNC(=O)N1C1CCCCC1. The van der Waals surface area contributed by atoms with Crippen LogP contribution in [0.25, 0.3) is 0 Å². The van der Waals surface area contributed by atoms with Crippen LogP contribution in [0, 0.1) is 0 Å². The maximum Gasteiger partial charge on any atom is 0.324 e. The largest absolute Gasteiger partial charge is 0.338 e. The highest BCUT2D eigenvalue weighted by Crippen LogP contribution is 2.24. The minimum Gasteiger partial charge on any atom is -0.338 e. The summed E-state index contributed by atoms with van der Waals surface area (Å²) in [7, 11) is 0. The first kappa shape index (κ1) is 10.5. The van der Waals surface area contributed by atoms with Crippen molar-refractivity contribution in [2.45, 2.75) is 51.0 Å². The normalized spacial score (nSPS) is 24.9. The van der Waals surface area contributed by atoms with Crippen molar-refractivity contribution in [3.63, 3.8) is 0 Å². The Kier molecular flexibility index (Phi) is 3.23. The van der Waals surface area contributed by atoms with Crippen LogP contribution in [0.1, 0.15) is 44.9 Å². The van der Waals surface area contributed by atoms with E-state index < -0.39 is 0 Å². The monoisotopic (exact) mass is 210 g/mol. The molecule has 1 heterocycles. The number of nitrogens with zero attached hydrogens (tertiary/aromatic N) is 1. The van der Waals surface area contributed by atoms with Gasteiger partial charge in [-0.15, -0.1) is 0 Å². The Labute approximate surface area is 90.0 Å². The predicted octanol–water partition coefficient (Wildman–Crippen LogP) is 1.65. The molecule has 3 amide bonds. The molecule has 1 saturated heterocycles. The maximum atomic E-state index is 11.8. The third-order valence-corrected chi connectivity index (χ3v) is 3.27. The lowest BCUT2D eigenvalue weighted by molar-refractivity contribution is -0.130. The zero-order valence-corrected chi connectivity index (χ0v) is 9.00. The lowest BCUT2D eigenvalue weighted by Gasteiger charge is -2.31. The van der Waals surface area contributed by atoms with Gasteiger partial charge >= 0.3 is 6.03 Å². The quantitative estimate of drug-likeness (QED) is 0.715. The van der Waals surface area contributed by atoms with Crippen LogP contribution in [0.3, 0.4) is 0 Å². The summed E-state index contributed by atoms with van der Waals surface area (Å²) in [5, 5.41) is 2.79. The van der Waals surface area contributed by atoms with Gasteiger partial charge in [0.25, 0.3) is 0 Å². The second-order valence-electron chi connectivity index (χ2n) is 4.39. The number of hydrogen-bond donors (Lipinski definition) is 1. The van der Waals surface area contributed by atoms with Gasteiger partial charge in [-0.1, -0.05) is 19.3 Å². The first-order valence-corrected chi connectivity index (χ1v) is 5.89. The molecule has 4 heteroatoms. The first-order valence-electron chi connectivity index (χ1n) is 5.89. The van der Waals surface area contributed by atoms with E-state index in [4.69, 9.17) is 0 Å². The fraction of sp³-hybridized carbons (Fsp3) is 0.818.